The summed E-state index contributed by atoms with van der Waals surface area (Å²) in [6.07, 6.45) is 0. The molecule has 0 saturated heterocycles. The van der Waals surface area contributed by atoms with E-state index in [-0.39, 0.29) is 11.6 Å². The molecule has 0 aromatic heterocycles. The summed E-state index contributed by atoms with van der Waals surface area (Å²) < 4.78 is 0. The van der Waals surface area contributed by atoms with Gasteiger partial charge in [0.05, 0.1) is 0 Å². The van der Waals surface area contributed by atoms with Crippen molar-refractivity contribution in [2.24, 2.45) is 0 Å². The molecule has 0 radical (unpaired) electrons. The maximum Gasteiger partial charge on any atom is 0.194 e. The van der Waals surface area contributed by atoms with Gasteiger partial charge in [0.1, 0.15) is 0 Å². The zero-order valence-electron chi connectivity index (χ0n) is 14.7. The first-order valence-corrected chi connectivity index (χ1v) is 8.30. The quantitative estimate of drug-likeness (QED) is 0.626. The molecule has 3 aromatic carbocycles. The van der Waals surface area contributed by atoms with Crippen LogP contribution < -0.4 is 0 Å². The molecule has 25 heavy (non-hydrogen) atoms. The molecule has 0 aliphatic carbocycles. The lowest BCUT2D eigenvalue weighted by Crippen LogP contribution is -2.13. The van der Waals surface area contributed by atoms with Crippen LogP contribution in [0.2, 0.25) is 0 Å². The zero-order chi connectivity index (χ0) is 18.0. The van der Waals surface area contributed by atoms with Crippen LogP contribution in [0.1, 0.15) is 48.5 Å². The lowest BCUT2D eigenvalue weighted by Gasteiger charge is -2.13. The highest BCUT2D eigenvalue weighted by Gasteiger charge is 2.21. The van der Waals surface area contributed by atoms with Crippen molar-refractivity contribution in [3.05, 3.63) is 106 Å². The Kier molecular flexibility index (Phi) is 4.62. The third-order valence-electron chi connectivity index (χ3n) is 4.36. The van der Waals surface area contributed by atoms with Crippen molar-refractivity contribution >= 4 is 11.6 Å². The van der Waals surface area contributed by atoms with Crippen LogP contribution in [-0.4, -0.2) is 11.6 Å². The molecular weight excluding hydrogens is 308 g/mol. The van der Waals surface area contributed by atoms with E-state index in [9.17, 15) is 9.59 Å². The fraction of sp³-hybridized carbons (Fsp3) is 0.130. The summed E-state index contributed by atoms with van der Waals surface area (Å²) in [5.74, 6) is -0.234. The van der Waals surface area contributed by atoms with Crippen LogP contribution in [0, 0.1) is 20.8 Å². The van der Waals surface area contributed by atoms with Crippen LogP contribution in [0.5, 0.6) is 0 Å². The van der Waals surface area contributed by atoms with Crippen molar-refractivity contribution in [2.75, 3.05) is 0 Å². The zero-order valence-corrected chi connectivity index (χ0v) is 14.7. The van der Waals surface area contributed by atoms with E-state index in [1.54, 1.807) is 36.4 Å². The molecule has 0 unspecified atom stereocenters. The van der Waals surface area contributed by atoms with E-state index in [4.69, 9.17) is 0 Å². The number of rotatable bonds is 4. The second kappa shape index (κ2) is 6.86. The standard InChI is InChI=1S/C23H20O2/c1-15-13-16(2)21(17(3)14-15)23(25)20-12-8-7-11-19(20)22(24)18-9-5-4-6-10-18/h4-14H,1-3H3. The van der Waals surface area contributed by atoms with Gasteiger partial charge in [-0.05, 0) is 31.9 Å². The number of hydrogen-bond acceptors (Lipinski definition) is 2. The SMILES string of the molecule is Cc1cc(C)c(C(=O)c2ccccc2C(=O)c2ccccc2)c(C)c1. The summed E-state index contributed by atoms with van der Waals surface area (Å²) >= 11 is 0. The number of carbonyl (C=O) groups is 2. The van der Waals surface area contributed by atoms with E-state index in [1.807, 2.05) is 51.1 Å². The second-order valence-electron chi connectivity index (χ2n) is 6.34. The Bertz CT molecular complexity index is 930. The maximum absolute atomic E-state index is 13.2. The van der Waals surface area contributed by atoms with E-state index in [0.29, 0.717) is 22.3 Å². The molecule has 2 nitrogen and oxygen atoms in total. The molecule has 0 N–H and O–H groups in total. The number of benzene rings is 3. The summed E-state index contributed by atoms with van der Waals surface area (Å²) in [5, 5.41) is 0. The molecule has 3 rings (SSSR count). The molecule has 0 spiro atoms. The summed E-state index contributed by atoms with van der Waals surface area (Å²) in [4.78, 5) is 26.1. The normalized spacial score (nSPS) is 10.5. The molecule has 2 heteroatoms. The first-order chi connectivity index (χ1) is 12.0. The molecule has 0 aliphatic heterocycles. The topological polar surface area (TPSA) is 34.1 Å². The number of aryl methyl sites for hydroxylation is 3. The van der Waals surface area contributed by atoms with Crippen molar-refractivity contribution in [3.8, 4) is 0 Å². The summed E-state index contributed by atoms with van der Waals surface area (Å²) in [6, 6.07) is 20.1. The largest absolute Gasteiger partial charge is 0.289 e. The summed E-state index contributed by atoms with van der Waals surface area (Å²) in [7, 11) is 0. The predicted octanol–water partition coefficient (Wildman–Crippen LogP) is 5.07. The monoisotopic (exact) mass is 328 g/mol. The minimum atomic E-state index is -0.132. The molecule has 3 aromatic rings. The van der Waals surface area contributed by atoms with Gasteiger partial charge in [0.2, 0.25) is 0 Å². The van der Waals surface area contributed by atoms with Gasteiger partial charge in [0, 0.05) is 22.3 Å². The predicted molar refractivity (Wildman–Crippen MR) is 100 cm³/mol. The minimum absolute atomic E-state index is 0.102. The first kappa shape index (κ1) is 16.8. The number of carbonyl (C=O) groups excluding carboxylic acids is 2. The van der Waals surface area contributed by atoms with Gasteiger partial charge in [0.15, 0.2) is 11.6 Å². The summed E-state index contributed by atoms with van der Waals surface area (Å²) in [6.45, 7) is 5.89. The van der Waals surface area contributed by atoms with Crippen LogP contribution in [0.15, 0.2) is 66.7 Å². The lowest BCUT2D eigenvalue weighted by atomic mass is 9.89. The van der Waals surface area contributed by atoms with Crippen molar-refractivity contribution in [3.63, 3.8) is 0 Å². The molecule has 124 valence electrons. The van der Waals surface area contributed by atoms with Gasteiger partial charge < -0.3 is 0 Å². The molecule has 0 bridgehead atoms. The first-order valence-electron chi connectivity index (χ1n) is 8.30. The van der Waals surface area contributed by atoms with E-state index < -0.39 is 0 Å². The van der Waals surface area contributed by atoms with Crippen LogP contribution in [0.25, 0.3) is 0 Å². The third kappa shape index (κ3) is 3.29. The highest BCUT2D eigenvalue weighted by Crippen LogP contribution is 2.23. The van der Waals surface area contributed by atoms with Gasteiger partial charge in [-0.25, -0.2) is 0 Å². The third-order valence-corrected chi connectivity index (χ3v) is 4.36. The van der Waals surface area contributed by atoms with Crippen LogP contribution >= 0.6 is 0 Å². The van der Waals surface area contributed by atoms with Gasteiger partial charge in [0.25, 0.3) is 0 Å². The Morgan fingerprint density at radius 1 is 0.640 bits per heavy atom. The molecule has 0 amide bonds. The molecule has 0 saturated carbocycles. The number of ketones is 2. The highest BCUT2D eigenvalue weighted by atomic mass is 16.1. The fourth-order valence-corrected chi connectivity index (χ4v) is 3.30. The van der Waals surface area contributed by atoms with Crippen LogP contribution in [-0.2, 0) is 0 Å². The van der Waals surface area contributed by atoms with Gasteiger partial charge in [-0.2, -0.15) is 0 Å². The van der Waals surface area contributed by atoms with E-state index in [2.05, 4.69) is 0 Å². The smallest absolute Gasteiger partial charge is 0.194 e. The minimum Gasteiger partial charge on any atom is -0.289 e. The Balaban J connectivity index is 2.11. The summed E-state index contributed by atoms with van der Waals surface area (Å²) in [5.41, 5.74) is 5.15. The Morgan fingerprint density at radius 2 is 1.12 bits per heavy atom. The molecule has 0 heterocycles. The Morgan fingerprint density at radius 3 is 1.68 bits per heavy atom. The van der Waals surface area contributed by atoms with Gasteiger partial charge >= 0.3 is 0 Å². The average molecular weight is 328 g/mol. The van der Waals surface area contributed by atoms with Crippen molar-refractivity contribution in [1.82, 2.24) is 0 Å². The van der Waals surface area contributed by atoms with Crippen LogP contribution in [0.3, 0.4) is 0 Å². The fourth-order valence-electron chi connectivity index (χ4n) is 3.30. The van der Waals surface area contributed by atoms with E-state index in [0.717, 1.165) is 16.7 Å². The number of hydrogen-bond donors (Lipinski definition) is 0. The van der Waals surface area contributed by atoms with Crippen molar-refractivity contribution in [2.45, 2.75) is 20.8 Å². The lowest BCUT2D eigenvalue weighted by molar-refractivity contribution is 0.100. The van der Waals surface area contributed by atoms with E-state index in [1.165, 1.54) is 0 Å². The van der Waals surface area contributed by atoms with Gasteiger partial charge in [-0.15, -0.1) is 0 Å². The highest BCUT2D eigenvalue weighted by molar-refractivity contribution is 6.20. The Labute approximate surface area is 148 Å². The van der Waals surface area contributed by atoms with Crippen molar-refractivity contribution < 1.29 is 9.59 Å². The molecular formula is C23H20O2. The second-order valence-corrected chi connectivity index (χ2v) is 6.34. The molecule has 0 fully saturated rings. The maximum atomic E-state index is 13.2. The molecule has 0 atom stereocenters. The Hall–Kier alpha value is -3.00. The average Bonchev–Trinajstić information content (AvgIpc) is 2.61. The van der Waals surface area contributed by atoms with Gasteiger partial charge in [-0.3, -0.25) is 9.59 Å². The molecule has 0 aliphatic rings. The van der Waals surface area contributed by atoms with Gasteiger partial charge in [-0.1, -0.05) is 72.3 Å². The van der Waals surface area contributed by atoms with E-state index >= 15 is 0 Å². The van der Waals surface area contributed by atoms with Crippen LogP contribution in [0.4, 0.5) is 0 Å². The van der Waals surface area contributed by atoms with Crippen molar-refractivity contribution in [1.29, 1.82) is 0 Å².